The summed E-state index contributed by atoms with van der Waals surface area (Å²) in [7, 11) is -2.25. The Labute approximate surface area is 308 Å². The van der Waals surface area contributed by atoms with Gasteiger partial charge in [0.05, 0.1) is 17.4 Å². The third-order valence-corrected chi connectivity index (χ3v) is 10.5. The number of hydrogen-bond donors (Lipinski definition) is 1. The second-order valence-electron chi connectivity index (χ2n) is 12.8. The van der Waals surface area contributed by atoms with Crippen LogP contribution >= 0.6 is 0 Å². The van der Waals surface area contributed by atoms with Crippen LogP contribution in [0.2, 0.25) is 0 Å². The number of alkyl halides is 3. The number of pyridine rings is 1. The molecule has 0 spiro atoms. The Morgan fingerprint density at radius 2 is 1.65 bits per heavy atom. The van der Waals surface area contributed by atoms with Gasteiger partial charge in [-0.25, -0.2) is 13.4 Å². The van der Waals surface area contributed by atoms with Gasteiger partial charge in [0.1, 0.15) is 22.9 Å². The van der Waals surface area contributed by atoms with Crippen molar-refractivity contribution in [1.82, 2.24) is 24.5 Å². The highest BCUT2D eigenvalue weighted by molar-refractivity contribution is 7.93. The third kappa shape index (κ3) is 8.19. The lowest BCUT2D eigenvalue weighted by Gasteiger charge is -2.34. The number of nitrogens with one attached hydrogen (secondary N) is 1. The molecule has 16 heteroatoms. The number of nitrogens with zero attached hydrogens (tertiary/aromatic N) is 5. The van der Waals surface area contributed by atoms with Crippen LogP contribution in [0.3, 0.4) is 0 Å². The molecular weight excluding hydrogens is 726 g/mol. The fourth-order valence-corrected chi connectivity index (χ4v) is 7.61. The summed E-state index contributed by atoms with van der Waals surface area (Å²) in [6.07, 6.45) is -3.04. The van der Waals surface area contributed by atoms with Crippen molar-refractivity contribution in [1.29, 1.82) is 0 Å². The van der Waals surface area contributed by atoms with Crippen LogP contribution in [0, 0.1) is 6.92 Å². The summed E-state index contributed by atoms with van der Waals surface area (Å²) in [5, 5.41) is 4.82. The van der Waals surface area contributed by atoms with Gasteiger partial charge < -0.3 is 23.5 Å². The van der Waals surface area contributed by atoms with E-state index in [-0.39, 0.29) is 39.6 Å². The Bertz CT molecular complexity index is 2370. The number of rotatable bonds is 11. The molecule has 1 fully saturated rings. The number of benzene rings is 3. The minimum absolute atomic E-state index is 0.0619. The number of hydrogen-bond acceptors (Lipinski definition) is 9. The number of ether oxygens (including phenoxy) is 2. The largest absolute Gasteiger partial charge is 0.484 e. The normalized spacial score (nSPS) is 14.0. The highest BCUT2D eigenvalue weighted by Gasteiger charge is 2.29. The van der Waals surface area contributed by atoms with E-state index in [1.807, 2.05) is 40.8 Å². The lowest BCUT2D eigenvalue weighted by atomic mass is 10.1. The van der Waals surface area contributed by atoms with Crippen LogP contribution in [0.1, 0.15) is 21.8 Å². The monoisotopic (exact) mass is 760 g/mol. The van der Waals surface area contributed by atoms with Crippen molar-refractivity contribution in [3.63, 3.8) is 0 Å². The van der Waals surface area contributed by atoms with Gasteiger partial charge in [0.15, 0.2) is 17.3 Å². The first-order chi connectivity index (χ1) is 25.8. The lowest BCUT2D eigenvalue weighted by Crippen LogP contribution is -2.48. The van der Waals surface area contributed by atoms with Crippen molar-refractivity contribution < 1.29 is 40.4 Å². The van der Waals surface area contributed by atoms with Crippen LogP contribution in [0.4, 0.5) is 18.9 Å². The van der Waals surface area contributed by atoms with Gasteiger partial charge in [-0.15, -0.1) is 0 Å². The number of carbonyl (C=O) groups is 1. The first-order valence-corrected chi connectivity index (χ1v) is 18.4. The maximum absolute atomic E-state index is 13.6. The van der Waals surface area contributed by atoms with Gasteiger partial charge in [-0.05, 0) is 48.9 Å². The van der Waals surface area contributed by atoms with E-state index in [0.29, 0.717) is 49.7 Å². The van der Waals surface area contributed by atoms with Gasteiger partial charge >= 0.3 is 6.18 Å². The maximum atomic E-state index is 13.6. The zero-order valence-corrected chi connectivity index (χ0v) is 30.0. The number of piperazine rings is 1. The van der Waals surface area contributed by atoms with Gasteiger partial charge in [0.2, 0.25) is 5.88 Å². The molecular formula is C38H35F3N6O6S. The van der Waals surface area contributed by atoms with Crippen LogP contribution in [-0.4, -0.2) is 77.8 Å². The molecule has 0 saturated carbocycles. The van der Waals surface area contributed by atoms with E-state index < -0.39 is 22.8 Å². The van der Waals surface area contributed by atoms with Crippen molar-refractivity contribution in [3.8, 4) is 28.6 Å². The summed E-state index contributed by atoms with van der Waals surface area (Å²) < 4.78 is 84.4. The molecule has 12 nitrogen and oxygen atoms in total. The molecule has 0 bridgehead atoms. The quantitative estimate of drug-likeness (QED) is 0.148. The van der Waals surface area contributed by atoms with E-state index in [0.717, 1.165) is 16.5 Å². The zero-order chi connectivity index (χ0) is 38.0. The van der Waals surface area contributed by atoms with E-state index >= 15 is 0 Å². The first kappa shape index (κ1) is 36.5. The number of carbonyl (C=O) groups excluding carboxylic acids is 1. The van der Waals surface area contributed by atoms with E-state index in [4.69, 9.17) is 14.0 Å². The second-order valence-corrected chi connectivity index (χ2v) is 14.4. The second kappa shape index (κ2) is 14.9. The number of amides is 1. The molecule has 0 aliphatic carbocycles. The standard InChI is InChI=1S/C38H35F3N6O6S/c1-25-36(35(43-53-25)27-6-4-3-5-7-27)54(49,50)44-29-11-15-34(42-22-29)52-31-14-10-28-20-33(45(2)32(28)21-31)37(48)47-18-16-46(17-19-47)23-26-8-12-30(13-9-26)51-24-38(39,40)41/h3-15,20-22,44H,16-19,23-24H2,1-2H3. The van der Waals surface area contributed by atoms with Crippen LogP contribution in [0.15, 0.2) is 107 Å². The van der Waals surface area contributed by atoms with E-state index in [1.165, 1.54) is 31.3 Å². The van der Waals surface area contributed by atoms with Crippen molar-refractivity contribution in [2.24, 2.45) is 7.05 Å². The van der Waals surface area contributed by atoms with Crippen LogP contribution < -0.4 is 14.2 Å². The molecule has 7 rings (SSSR count). The molecule has 3 aromatic heterocycles. The average Bonchev–Trinajstić information content (AvgIpc) is 3.72. The van der Waals surface area contributed by atoms with Crippen LogP contribution in [-0.2, 0) is 23.6 Å². The van der Waals surface area contributed by atoms with Crippen molar-refractivity contribution in [3.05, 3.63) is 114 Å². The lowest BCUT2D eigenvalue weighted by molar-refractivity contribution is -0.153. The summed E-state index contributed by atoms with van der Waals surface area (Å²) >= 11 is 0. The predicted octanol–water partition coefficient (Wildman–Crippen LogP) is 7.03. The summed E-state index contributed by atoms with van der Waals surface area (Å²) in [5.74, 6) is 0.923. The average molecular weight is 761 g/mol. The number of aryl methyl sites for hydroxylation is 2. The maximum Gasteiger partial charge on any atom is 0.422 e. The zero-order valence-electron chi connectivity index (χ0n) is 29.2. The molecule has 6 aromatic rings. The van der Waals surface area contributed by atoms with E-state index in [1.54, 1.807) is 48.5 Å². The van der Waals surface area contributed by atoms with Gasteiger partial charge in [-0.3, -0.25) is 14.4 Å². The molecule has 4 heterocycles. The highest BCUT2D eigenvalue weighted by atomic mass is 32.2. The molecule has 1 aliphatic heterocycles. The summed E-state index contributed by atoms with van der Waals surface area (Å²) in [6, 6.07) is 25.8. The predicted molar refractivity (Wildman–Crippen MR) is 194 cm³/mol. The van der Waals surface area contributed by atoms with Crippen molar-refractivity contribution in [2.75, 3.05) is 37.5 Å². The topological polar surface area (TPSA) is 132 Å². The Kier molecular flexibility index (Phi) is 10.0. The number of sulfonamides is 1. The molecule has 1 saturated heterocycles. The Morgan fingerprint density at radius 3 is 2.33 bits per heavy atom. The minimum Gasteiger partial charge on any atom is -0.484 e. The minimum atomic E-state index is -4.39. The Morgan fingerprint density at radius 1 is 0.926 bits per heavy atom. The van der Waals surface area contributed by atoms with Gasteiger partial charge in [-0.1, -0.05) is 47.6 Å². The molecule has 280 valence electrons. The van der Waals surface area contributed by atoms with E-state index in [9.17, 15) is 26.4 Å². The number of fused-ring (bicyclic) bond motifs is 1. The highest BCUT2D eigenvalue weighted by Crippen LogP contribution is 2.32. The first-order valence-electron chi connectivity index (χ1n) is 16.9. The Hall–Kier alpha value is -5.87. The number of anilines is 1. The van der Waals surface area contributed by atoms with Crippen molar-refractivity contribution >= 4 is 32.5 Å². The number of aromatic nitrogens is 3. The molecule has 1 N–H and O–H groups in total. The molecule has 54 heavy (non-hydrogen) atoms. The molecule has 1 amide bonds. The summed E-state index contributed by atoms with van der Waals surface area (Å²) in [5.41, 5.74) is 3.27. The fourth-order valence-electron chi connectivity index (χ4n) is 6.25. The van der Waals surface area contributed by atoms with Gasteiger partial charge in [0.25, 0.3) is 15.9 Å². The molecule has 0 atom stereocenters. The molecule has 1 aliphatic rings. The SMILES string of the molecule is Cc1onc(-c2ccccc2)c1S(=O)(=O)Nc1ccc(Oc2ccc3cc(C(=O)N4CCN(Cc5ccc(OCC(F)(F)F)cc5)CC4)n(C)c3c2)nc1. The van der Waals surface area contributed by atoms with Crippen LogP contribution in [0.25, 0.3) is 22.2 Å². The fraction of sp³-hybridized carbons (Fsp3) is 0.237. The Balaban J connectivity index is 0.957. The summed E-state index contributed by atoms with van der Waals surface area (Å²) in [4.78, 5) is 21.8. The third-order valence-electron chi connectivity index (χ3n) is 8.96. The molecule has 3 aromatic carbocycles. The van der Waals surface area contributed by atoms with Gasteiger partial charge in [0, 0.05) is 62.9 Å². The van der Waals surface area contributed by atoms with E-state index in [2.05, 4.69) is 19.8 Å². The summed E-state index contributed by atoms with van der Waals surface area (Å²) in [6.45, 7) is 3.12. The van der Waals surface area contributed by atoms with Crippen molar-refractivity contribution in [2.45, 2.75) is 24.5 Å². The molecule has 0 radical (unpaired) electrons. The number of halogens is 3. The van der Waals surface area contributed by atoms with Crippen LogP contribution in [0.5, 0.6) is 17.4 Å². The van der Waals surface area contributed by atoms with Gasteiger partial charge in [-0.2, -0.15) is 13.2 Å². The smallest absolute Gasteiger partial charge is 0.422 e. The molecule has 0 unspecified atom stereocenters.